The first-order valence-corrected chi connectivity index (χ1v) is 9.01. The molecular weight excluding hydrogens is 357 g/mol. The van der Waals surface area contributed by atoms with Gasteiger partial charge in [0, 0.05) is 39.0 Å². The van der Waals surface area contributed by atoms with E-state index in [0.29, 0.717) is 29.3 Å². The van der Waals surface area contributed by atoms with E-state index >= 15 is 4.39 Å². The van der Waals surface area contributed by atoms with Crippen molar-refractivity contribution in [2.24, 2.45) is 14.1 Å². The number of pyridine rings is 1. The summed E-state index contributed by atoms with van der Waals surface area (Å²) in [6.45, 7) is 2.01. The van der Waals surface area contributed by atoms with E-state index in [0.717, 1.165) is 22.2 Å². The first kappa shape index (κ1) is 18.0. The third-order valence-electron chi connectivity index (χ3n) is 4.97. The number of hydrogen-bond acceptors (Lipinski definition) is 5. The molecular formula is C20H22FN7. The smallest absolute Gasteiger partial charge is 0.154 e. The monoisotopic (exact) mass is 379 g/mol. The standard InChI is InChI=1S/C20H22FN7/c1-5-12-6-13(14-9-24-27(3)10-14)7-15(21)19(12)28(4)17-8-16-18(20(22)25-17)23-11-26(16)2/h6-11H,5H2,1-4H3,(H2,22,25). The van der Waals surface area contributed by atoms with Gasteiger partial charge in [-0.3, -0.25) is 4.68 Å². The van der Waals surface area contributed by atoms with Crippen molar-refractivity contribution in [3.05, 3.63) is 48.3 Å². The number of hydrogen-bond donors (Lipinski definition) is 1. The summed E-state index contributed by atoms with van der Waals surface area (Å²) in [7, 11) is 5.53. The number of imidazole rings is 1. The van der Waals surface area contributed by atoms with E-state index < -0.39 is 0 Å². The largest absolute Gasteiger partial charge is 0.382 e. The lowest BCUT2D eigenvalue weighted by Gasteiger charge is -2.23. The maximum Gasteiger partial charge on any atom is 0.154 e. The van der Waals surface area contributed by atoms with E-state index in [1.165, 1.54) is 6.07 Å². The van der Waals surface area contributed by atoms with Crippen LogP contribution in [0.4, 0.5) is 21.7 Å². The van der Waals surface area contributed by atoms with Crippen LogP contribution in [0, 0.1) is 5.82 Å². The Bertz CT molecular complexity index is 1170. The molecule has 2 N–H and O–H groups in total. The van der Waals surface area contributed by atoms with E-state index in [1.807, 2.05) is 43.9 Å². The molecule has 0 saturated heterocycles. The molecule has 0 atom stereocenters. The minimum Gasteiger partial charge on any atom is -0.382 e. The molecule has 144 valence electrons. The molecule has 0 aliphatic carbocycles. The van der Waals surface area contributed by atoms with Crippen molar-refractivity contribution in [3.8, 4) is 11.1 Å². The number of aryl methyl sites for hydroxylation is 3. The van der Waals surface area contributed by atoms with Crippen LogP contribution in [0.5, 0.6) is 0 Å². The normalized spacial score (nSPS) is 11.3. The highest BCUT2D eigenvalue weighted by molar-refractivity contribution is 5.88. The Hall–Kier alpha value is -3.42. The summed E-state index contributed by atoms with van der Waals surface area (Å²) in [4.78, 5) is 10.4. The number of aromatic nitrogens is 5. The number of nitrogens with zero attached hydrogens (tertiary/aromatic N) is 6. The van der Waals surface area contributed by atoms with Crippen molar-refractivity contribution in [2.45, 2.75) is 13.3 Å². The average molecular weight is 379 g/mol. The molecule has 7 nitrogen and oxygen atoms in total. The zero-order chi connectivity index (χ0) is 20.0. The van der Waals surface area contributed by atoms with Crippen molar-refractivity contribution in [1.82, 2.24) is 24.3 Å². The number of anilines is 3. The quantitative estimate of drug-likeness (QED) is 0.588. The van der Waals surface area contributed by atoms with Crippen LogP contribution >= 0.6 is 0 Å². The molecule has 3 aromatic heterocycles. The number of halogens is 1. The molecule has 8 heteroatoms. The highest BCUT2D eigenvalue weighted by Crippen LogP contribution is 2.35. The van der Waals surface area contributed by atoms with E-state index in [9.17, 15) is 0 Å². The molecule has 28 heavy (non-hydrogen) atoms. The fourth-order valence-electron chi connectivity index (χ4n) is 3.46. The highest BCUT2D eigenvalue weighted by Gasteiger charge is 2.19. The Morgan fingerprint density at radius 1 is 1.18 bits per heavy atom. The van der Waals surface area contributed by atoms with Gasteiger partial charge in [-0.15, -0.1) is 0 Å². The average Bonchev–Trinajstić information content (AvgIpc) is 3.27. The number of rotatable bonds is 4. The molecule has 4 rings (SSSR count). The first-order valence-electron chi connectivity index (χ1n) is 9.01. The van der Waals surface area contributed by atoms with Gasteiger partial charge in [0.2, 0.25) is 0 Å². The molecule has 0 unspecified atom stereocenters. The summed E-state index contributed by atoms with van der Waals surface area (Å²) in [6, 6.07) is 5.40. The van der Waals surface area contributed by atoms with E-state index in [-0.39, 0.29) is 5.82 Å². The number of benzene rings is 1. The summed E-state index contributed by atoms with van der Waals surface area (Å²) >= 11 is 0. The van der Waals surface area contributed by atoms with Crippen molar-refractivity contribution in [2.75, 3.05) is 17.7 Å². The van der Waals surface area contributed by atoms with Gasteiger partial charge >= 0.3 is 0 Å². The predicted octanol–water partition coefficient (Wildman–Crippen LogP) is 3.42. The van der Waals surface area contributed by atoms with E-state index in [2.05, 4.69) is 15.1 Å². The molecule has 0 fully saturated rings. The second-order valence-corrected chi connectivity index (χ2v) is 6.87. The molecule has 3 heterocycles. The maximum absolute atomic E-state index is 15.2. The highest BCUT2D eigenvalue weighted by atomic mass is 19.1. The molecule has 0 radical (unpaired) electrons. The van der Waals surface area contributed by atoms with Crippen molar-refractivity contribution in [3.63, 3.8) is 0 Å². The lowest BCUT2D eigenvalue weighted by molar-refractivity contribution is 0.625. The minimum atomic E-state index is -0.314. The first-order chi connectivity index (χ1) is 13.4. The van der Waals surface area contributed by atoms with Gasteiger partial charge in [0.25, 0.3) is 0 Å². The Morgan fingerprint density at radius 3 is 2.64 bits per heavy atom. The topological polar surface area (TPSA) is 77.8 Å². The lowest BCUT2D eigenvalue weighted by atomic mass is 10.0. The second-order valence-electron chi connectivity index (χ2n) is 6.87. The molecule has 0 saturated carbocycles. The number of fused-ring (bicyclic) bond motifs is 1. The van der Waals surface area contributed by atoms with Crippen LogP contribution in [0.1, 0.15) is 12.5 Å². The Balaban J connectivity index is 1.83. The third kappa shape index (κ3) is 2.87. The third-order valence-corrected chi connectivity index (χ3v) is 4.97. The fraction of sp³-hybridized carbons (Fsp3) is 0.250. The summed E-state index contributed by atoms with van der Waals surface area (Å²) in [5.41, 5.74) is 10.6. The van der Waals surface area contributed by atoms with Crippen molar-refractivity contribution in [1.29, 1.82) is 0 Å². The van der Waals surface area contributed by atoms with Crippen LogP contribution in [-0.4, -0.2) is 31.4 Å². The van der Waals surface area contributed by atoms with Crippen molar-refractivity contribution >= 4 is 28.4 Å². The van der Waals surface area contributed by atoms with Gasteiger partial charge < -0.3 is 15.2 Å². The summed E-state index contributed by atoms with van der Waals surface area (Å²) in [5, 5.41) is 4.18. The fourth-order valence-corrected chi connectivity index (χ4v) is 3.46. The van der Waals surface area contributed by atoms with Crippen LogP contribution in [0.15, 0.2) is 36.9 Å². The van der Waals surface area contributed by atoms with Crippen molar-refractivity contribution < 1.29 is 4.39 Å². The molecule has 0 aliphatic rings. The molecule has 4 aromatic rings. The van der Waals surface area contributed by atoms with Crippen LogP contribution in [0.2, 0.25) is 0 Å². The molecule has 0 amide bonds. The Kier molecular flexibility index (Phi) is 4.26. The molecule has 0 aliphatic heterocycles. The van der Waals surface area contributed by atoms with Crippen LogP contribution < -0.4 is 10.6 Å². The Morgan fingerprint density at radius 2 is 1.96 bits per heavy atom. The molecule has 0 bridgehead atoms. The zero-order valence-electron chi connectivity index (χ0n) is 16.3. The number of nitrogen functional groups attached to an aromatic ring is 1. The van der Waals surface area contributed by atoms with Crippen LogP contribution in [0.3, 0.4) is 0 Å². The number of nitrogens with two attached hydrogens (primary N) is 1. The lowest BCUT2D eigenvalue weighted by Crippen LogP contribution is -2.16. The van der Waals surface area contributed by atoms with Gasteiger partial charge in [0.1, 0.15) is 17.2 Å². The van der Waals surface area contributed by atoms with Gasteiger partial charge in [0.05, 0.1) is 23.7 Å². The van der Waals surface area contributed by atoms with Gasteiger partial charge in [0.15, 0.2) is 5.82 Å². The second kappa shape index (κ2) is 6.63. The maximum atomic E-state index is 15.2. The van der Waals surface area contributed by atoms with Gasteiger partial charge in [-0.1, -0.05) is 6.92 Å². The predicted molar refractivity (Wildman–Crippen MR) is 109 cm³/mol. The molecule has 1 aromatic carbocycles. The SMILES string of the molecule is CCc1cc(-c2cnn(C)c2)cc(F)c1N(C)c1cc2c(ncn2C)c(N)n1. The minimum absolute atomic E-state index is 0.314. The van der Waals surface area contributed by atoms with Gasteiger partial charge in [-0.2, -0.15) is 5.10 Å². The van der Waals surface area contributed by atoms with Crippen LogP contribution in [-0.2, 0) is 20.5 Å². The van der Waals surface area contributed by atoms with Crippen LogP contribution in [0.25, 0.3) is 22.2 Å². The summed E-state index contributed by atoms with van der Waals surface area (Å²) in [6.07, 6.45) is 5.97. The Labute approximate surface area is 162 Å². The summed E-state index contributed by atoms with van der Waals surface area (Å²) in [5.74, 6) is 0.577. The van der Waals surface area contributed by atoms with Gasteiger partial charge in [-0.05, 0) is 29.7 Å². The van der Waals surface area contributed by atoms with E-state index in [1.54, 1.807) is 29.2 Å². The summed E-state index contributed by atoms with van der Waals surface area (Å²) < 4.78 is 18.8. The van der Waals surface area contributed by atoms with E-state index in [4.69, 9.17) is 5.73 Å². The molecule has 0 spiro atoms. The zero-order valence-corrected chi connectivity index (χ0v) is 16.3. The van der Waals surface area contributed by atoms with Gasteiger partial charge in [-0.25, -0.2) is 14.4 Å².